The maximum Gasteiger partial charge on any atom is 0.0113 e. The Kier molecular flexibility index (Phi) is 7.69. The zero-order chi connectivity index (χ0) is 22.4. The fourth-order valence-electron chi connectivity index (χ4n) is 9.87. The molecule has 0 amide bonds. The van der Waals surface area contributed by atoms with E-state index in [4.69, 9.17) is 5.73 Å². The van der Waals surface area contributed by atoms with Crippen molar-refractivity contribution in [1.29, 1.82) is 0 Å². The van der Waals surface area contributed by atoms with Crippen molar-refractivity contribution in [3.63, 3.8) is 0 Å². The fraction of sp³-hybridized carbons (Fsp3) is 1.00. The number of nitrogens with two attached hydrogens (primary N) is 1. The van der Waals surface area contributed by atoms with Gasteiger partial charge in [-0.25, -0.2) is 0 Å². The molecule has 188 valence electrons. The molecule has 12 atom stereocenters. The van der Waals surface area contributed by atoms with Gasteiger partial charge in [-0.2, -0.15) is 23.5 Å². The topological polar surface area (TPSA) is 26.0 Å². The lowest BCUT2D eigenvalue weighted by atomic mass is 9.62. The SMILES string of the molecule is CC1CCCC(C2CCC(N)C(C3CCCC4C5CCCCC5SC34)C2)SC2CCCCC12. The second-order valence-electron chi connectivity index (χ2n) is 13.3. The molecule has 2 aliphatic heterocycles. The summed E-state index contributed by atoms with van der Waals surface area (Å²) in [7, 11) is 0. The van der Waals surface area contributed by atoms with Gasteiger partial charge in [0, 0.05) is 27.0 Å². The fourth-order valence-corrected chi connectivity index (χ4v) is 14.3. The number of rotatable bonds is 2. The van der Waals surface area contributed by atoms with Crippen LogP contribution in [0.25, 0.3) is 0 Å². The lowest BCUT2D eigenvalue weighted by Crippen LogP contribution is -2.47. The Morgan fingerprint density at radius 2 is 1.12 bits per heavy atom. The van der Waals surface area contributed by atoms with Gasteiger partial charge in [0.15, 0.2) is 0 Å². The molecule has 2 saturated heterocycles. The van der Waals surface area contributed by atoms with E-state index in [9.17, 15) is 0 Å². The molecule has 0 radical (unpaired) electrons. The van der Waals surface area contributed by atoms with Crippen LogP contribution in [0.1, 0.15) is 116 Å². The molecule has 0 aromatic heterocycles. The molecular weight excluding hydrogens is 438 g/mol. The molecule has 1 nitrogen and oxygen atoms in total. The Morgan fingerprint density at radius 3 is 1.94 bits per heavy atom. The van der Waals surface area contributed by atoms with E-state index in [1.54, 1.807) is 12.8 Å². The van der Waals surface area contributed by atoms with Crippen LogP contribution in [0.2, 0.25) is 0 Å². The van der Waals surface area contributed by atoms with Crippen molar-refractivity contribution in [2.45, 2.75) is 143 Å². The molecule has 6 rings (SSSR count). The molecule has 0 bridgehead atoms. The average molecular weight is 490 g/mol. The van der Waals surface area contributed by atoms with E-state index in [1.807, 2.05) is 0 Å². The molecule has 2 heterocycles. The van der Waals surface area contributed by atoms with Crippen LogP contribution in [0.3, 0.4) is 0 Å². The highest BCUT2D eigenvalue weighted by molar-refractivity contribution is 8.01. The van der Waals surface area contributed by atoms with Gasteiger partial charge in [0.1, 0.15) is 0 Å². The van der Waals surface area contributed by atoms with Gasteiger partial charge in [0.2, 0.25) is 0 Å². The van der Waals surface area contributed by atoms with Crippen molar-refractivity contribution in [2.24, 2.45) is 47.2 Å². The molecular formula is C30H51NS2. The number of hydrogen-bond acceptors (Lipinski definition) is 3. The first-order valence-corrected chi connectivity index (χ1v) is 17.1. The zero-order valence-corrected chi connectivity index (χ0v) is 23.0. The largest absolute Gasteiger partial charge is 0.327 e. The summed E-state index contributed by atoms with van der Waals surface area (Å²) >= 11 is 4.98. The summed E-state index contributed by atoms with van der Waals surface area (Å²) in [6.45, 7) is 2.58. The van der Waals surface area contributed by atoms with E-state index in [2.05, 4.69) is 30.4 Å². The summed E-state index contributed by atoms with van der Waals surface area (Å²) in [5.41, 5.74) is 7.00. The van der Waals surface area contributed by atoms with E-state index in [1.165, 1.54) is 96.3 Å². The summed E-state index contributed by atoms with van der Waals surface area (Å²) < 4.78 is 0. The molecule has 33 heavy (non-hydrogen) atoms. The van der Waals surface area contributed by atoms with Crippen LogP contribution in [0.4, 0.5) is 0 Å². The Morgan fingerprint density at radius 1 is 0.515 bits per heavy atom. The van der Waals surface area contributed by atoms with Crippen LogP contribution in [0, 0.1) is 41.4 Å². The first-order chi connectivity index (χ1) is 16.2. The van der Waals surface area contributed by atoms with Crippen LogP contribution >= 0.6 is 23.5 Å². The van der Waals surface area contributed by atoms with Gasteiger partial charge >= 0.3 is 0 Å². The summed E-state index contributed by atoms with van der Waals surface area (Å²) in [4.78, 5) is 0. The van der Waals surface area contributed by atoms with Crippen LogP contribution in [-0.4, -0.2) is 27.0 Å². The van der Waals surface area contributed by atoms with Crippen molar-refractivity contribution in [3.8, 4) is 0 Å². The quantitative estimate of drug-likeness (QED) is 0.422. The van der Waals surface area contributed by atoms with Gasteiger partial charge < -0.3 is 5.73 Å². The Bertz CT molecular complexity index is 653. The normalized spacial score (nSPS) is 53.3. The number of fused-ring (bicyclic) bond motifs is 4. The molecule has 6 aliphatic rings. The molecule has 6 fully saturated rings. The monoisotopic (exact) mass is 489 g/mol. The minimum atomic E-state index is 0.495. The maximum atomic E-state index is 7.00. The highest BCUT2D eigenvalue weighted by atomic mass is 32.2. The van der Waals surface area contributed by atoms with Gasteiger partial charge in [0.05, 0.1) is 0 Å². The third-order valence-corrected chi connectivity index (χ3v) is 15.5. The molecule has 0 aromatic rings. The van der Waals surface area contributed by atoms with E-state index in [0.717, 1.165) is 62.4 Å². The molecule has 3 heteroatoms. The highest BCUT2D eigenvalue weighted by Crippen LogP contribution is 2.59. The Hall–Kier alpha value is 0.660. The molecule has 4 aliphatic carbocycles. The van der Waals surface area contributed by atoms with E-state index in [0.29, 0.717) is 6.04 Å². The summed E-state index contributed by atoms with van der Waals surface area (Å²) in [5, 5.41) is 3.89. The van der Waals surface area contributed by atoms with Crippen LogP contribution < -0.4 is 5.73 Å². The van der Waals surface area contributed by atoms with Crippen molar-refractivity contribution in [3.05, 3.63) is 0 Å². The molecule has 4 saturated carbocycles. The van der Waals surface area contributed by atoms with Gasteiger partial charge in [-0.05, 0) is 106 Å². The summed E-state index contributed by atoms with van der Waals surface area (Å²) in [6.07, 6.45) is 25.4. The minimum Gasteiger partial charge on any atom is -0.327 e. The second-order valence-corrected chi connectivity index (χ2v) is 16.2. The lowest BCUT2D eigenvalue weighted by Gasteiger charge is -2.48. The van der Waals surface area contributed by atoms with E-state index in [-0.39, 0.29) is 0 Å². The van der Waals surface area contributed by atoms with Gasteiger partial charge in [-0.1, -0.05) is 51.9 Å². The molecule has 12 unspecified atom stereocenters. The smallest absolute Gasteiger partial charge is 0.0113 e. The van der Waals surface area contributed by atoms with Gasteiger partial charge in [0.25, 0.3) is 0 Å². The van der Waals surface area contributed by atoms with Crippen LogP contribution in [0.5, 0.6) is 0 Å². The first kappa shape index (κ1) is 24.0. The standard InChI is InChI=1S/C30H51NS2/c1-19-8-6-15-27(32-28-13-4-2-9-21(19)28)20-16-17-26(31)25(18-20)24-12-7-11-23-22-10-3-5-14-29(22)33-30(23)24/h19-30H,2-18,31H2,1H3. The predicted octanol–water partition coefficient (Wildman–Crippen LogP) is 8.30. The van der Waals surface area contributed by atoms with E-state index < -0.39 is 0 Å². The highest BCUT2D eigenvalue weighted by Gasteiger charge is 2.52. The van der Waals surface area contributed by atoms with Crippen LogP contribution in [0.15, 0.2) is 0 Å². The number of hydrogen-bond donors (Lipinski definition) is 1. The molecule has 0 spiro atoms. The van der Waals surface area contributed by atoms with Crippen molar-refractivity contribution < 1.29 is 0 Å². The minimum absolute atomic E-state index is 0.495. The average Bonchev–Trinajstić information content (AvgIpc) is 3.22. The predicted molar refractivity (Wildman–Crippen MR) is 147 cm³/mol. The zero-order valence-electron chi connectivity index (χ0n) is 21.3. The third kappa shape index (κ3) is 4.84. The maximum absolute atomic E-state index is 7.00. The van der Waals surface area contributed by atoms with Crippen molar-refractivity contribution >= 4 is 23.5 Å². The lowest BCUT2D eigenvalue weighted by molar-refractivity contribution is 0.102. The van der Waals surface area contributed by atoms with Crippen molar-refractivity contribution in [2.75, 3.05) is 0 Å². The number of thioether (sulfide) groups is 2. The summed E-state index contributed by atoms with van der Waals surface area (Å²) in [5.74, 6) is 6.84. The Labute approximate surface area is 213 Å². The van der Waals surface area contributed by atoms with Gasteiger partial charge in [-0.3, -0.25) is 0 Å². The van der Waals surface area contributed by atoms with Crippen LogP contribution in [-0.2, 0) is 0 Å². The third-order valence-electron chi connectivity index (χ3n) is 11.6. The van der Waals surface area contributed by atoms with Crippen molar-refractivity contribution in [1.82, 2.24) is 0 Å². The second kappa shape index (κ2) is 10.6. The first-order valence-electron chi connectivity index (χ1n) is 15.3. The summed E-state index contributed by atoms with van der Waals surface area (Å²) in [6, 6.07) is 0.495. The van der Waals surface area contributed by atoms with Gasteiger partial charge in [-0.15, -0.1) is 0 Å². The van der Waals surface area contributed by atoms with E-state index >= 15 is 0 Å². The molecule has 0 aromatic carbocycles. The molecule has 2 N–H and O–H groups in total. The Balaban J connectivity index is 1.16.